The normalized spacial score (nSPS) is 25.3. The maximum atomic E-state index is 9.60. The summed E-state index contributed by atoms with van der Waals surface area (Å²) >= 11 is 0. The van der Waals surface area contributed by atoms with Gasteiger partial charge >= 0.3 is 0 Å². The minimum Gasteiger partial charge on any atom is -0.378 e. The van der Waals surface area contributed by atoms with Gasteiger partial charge in [-0.2, -0.15) is 10.2 Å². The number of benzene rings is 1. The second-order valence-corrected chi connectivity index (χ2v) is 11.6. The van der Waals surface area contributed by atoms with E-state index in [4.69, 9.17) is 33.0 Å². The number of methoxy groups -OCH3 is 1. The van der Waals surface area contributed by atoms with Gasteiger partial charge in [-0.15, -0.1) is 0 Å². The number of piperazine rings is 1. The molecule has 3 saturated heterocycles. The number of nitriles is 1. The maximum absolute atomic E-state index is 9.60. The summed E-state index contributed by atoms with van der Waals surface area (Å²) in [6.07, 6.45) is 0.148. The first-order valence-electron chi connectivity index (χ1n) is 14.7. The molecular weight excluding hydrogens is 529 g/mol. The molecule has 3 fully saturated rings. The minimum atomic E-state index is -0.0241. The quantitative estimate of drug-likeness (QED) is 0.421. The zero-order chi connectivity index (χ0) is 29.4. The van der Waals surface area contributed by atoms with Crippen molar-refractivity contribution in [3.63, 3.8) is 0 Å². The second kappa shape index (κ2) is 12.0. The monoisotopic (exact) mass is 567 g/mol. The number of nitrogens with zero attached hydrogens (tertiary/aromatic N) is 8. The lowest BCUT2D eigenvalue weighted by atomic mass is 10.00. The molecule has 3 aromatic rings. The molecule has 11 nitrogen and oxygen atoms in total. The van der Waals surface area contributed by atoms with Gasteiger partial charge in [0.05, 0.1) is 35.4 Å². The van der Waals surface area contributed by atoms with Gasteiger partial charge in [-0.05, 0) is 37.6 Å². The number of nitrogens with two attached hydrogens (primary N) is 1. The molecule has 1 aromatic carbocycles. The van der Waals surface area contributed by atoms with E-state index in [9.17, 15) is 5.26 Å². The molecule has 3 aliphatic rings. The van der Waals surface area contributed by atoms with E-state index in [0.717, 1.165) is 87.4 Å². The third kappa shape index (κ3) is 5.87. The van der Waals surface area contributed by atoms with Crippen molar-refractivity contribution < 1.29 is 9.47 Å². The van der Waals surface area contributed by atoms with E-state index in [-0.39, 0.29) is 24.4 Å². The summed E-state index contributed by atoms with van der Waals surface area (Å²) in [6.45, 7) is 11.5. The van der Waals surface area contributed by atoms with Crippen molar-refractivity contribution >= 4 is 41.8 Å². The first-order valence-corrected chi connectivity index (χ1v) is 14.7. The molecule has 2 aromatic heterocycles. The molecule has 0 amide bonds. The van der Waals surface area contributed by atoms with Crippen molar-refractivity contribution in [1.82, 2.24) is 19.9 Å². The Morgan fingerprint density at radius 1 is 1.02 bits per heavy atom. The lowest BCUT2D eigenvalue weighted by molar-refractivity contribution is -0.0327. The SMILES string of the molecule is [B]c1ccc2c(N3C[C@H](CN4CCN(c5nc(C)cc(N6C[C@H](OC)[C@@H](N)C6)n5)CC4)O[C@H](C)C3)ccc(C#N)c2n1. The smallest absolute Gasteiger partial charge is 0.227 e. The molecule has 0 bridgehead atoms. The zero-order valence-corrected chi connectivity index (χ0v) is 24.6. The molecular formula is C30H38BN9O2. The standard InChI is InChI=1S/C30H38BN9O2/c1-19-12-28(40-17-24(33)26(18-40)41-3)36-30(34-19)38-10-8-37(9-11-38)15-22-16-39(14-20(2)42-22)25-6-4-21(13-32)29-23(25)5-7-27(31)35-29/h4-7,12,20,22,24,26H,8-11,14-18,33H2,1-3H3/t20-,22+,24+,26+/m1/s1. The molecule has 5 heterocycles. The largest absolute Gasteiger partial charge is 0.378 e. The average Bonchev–Trinajstić information content (AvgIpc) is 3.37. The number of aryl methyl sites for hydroxylation is 1. The van der Waals surface area contributed by atoms with Crippen LogP contribution in [-0.4, -0.2) is 118 Å². The van der Waals surface area contributed by atoms with Crippen molar-refractivity contribution in [3.05, 3.63) is 41.6 Å². The van der Waals surface area contributed by atoms with Crippen LogP contribution in [0.1, 0.15) is 18.2 Å². The Kier molecular flexibility index (Phi) is 8.18. The number of pyridine rings is 1. The summed E-state index contributed by atoms with van der Waals surface area (Å²) in [5.74, 6) is 1.68. The van der Waals surface area contributed by atoms with Crippen LogP contribution in [0.15, 0.2) is 30.3 Å². The van der Waals surface area contributed by atoms with Crippen molar-refractivity contribution in [2.24, 2.45) is 5.73 Å². The van der Waals surface area contributed by atoms with Crippen LogP contribution in [0.3, 0.4) is 0 Å². The Bertz CT molecular complexity index is 1480. The number of rotatable bonds is 6. The van der Waals surface area contributed by atoms with Crippen LogP contribution in [0.2, 0.25) is 0 Å². The van der Waals surface area contributed by atoms with Gasteiger partial charge in [0.15, 0.2) is 0 Å². The van der Waals surface area contributed by atoms with E-state index in [1.807, 2.05) is 31.2 Å². The highest BCUT2D eigenvalue weighted by Gasteiger charge is 2.32. The van der Waals surface area contributed by atoms with E-state index >= 15 is 0 Å². The number of ether oxygens (including phenoxy) is 2. The van der Waals surface area contributed by atoms with Gasteiger partial charge in [-0.3, -0.25) is 9.88 Å². The molecule has 6 rings (SSSR count). The van der Waals surface area contributed by atoms with Crippen LogP contribution < -0.4 is 26.0 Å². The highest BCUT2D eigenvalue weighted by molar-refractivity contribution is 6.31. The predicted molar refractivity (Wildman–Crippen MR) is 165 cm³/mol. The maximum Gasteiger partial charge on any atom is 0.227 e. The minimum absolute atomic E-state index is 0.0130. The molecule has 0 unspecified atom stereocenters. The molecule has 4 atom stereocenters. The average molecular weight is 568 g/mol. The summed E-state index contributed by atoms with van der Waals surface area (Å²) in [6, 6.07) is 11.9. The number of hydrogen-bond donors (Lipinski definition) is 1. The van der Waals surface area contributed by atoms with Gasteiger partial charge in [0.2, 0.25) is 5.95 Å². The number of fused-ring (bicyclic) bond motifs is 1. The number of hydrogen-bond acceptors (Lipinski definition) is 11. The van der Waals surface area contributed by atoms with Crippen molar-refractivity contribution in [3.8, 4) is 6.07 Å². The number of anilines is 3. The molecule has 0 saturated carbocycles. The van der Waals surface area contributed by atoms with E-state index in [1.165, 1.54) is 0 Å². The lowest BCUT2D eigenvalue weighted by Gasteiger charge is -2.42. The Morgan fingerprint density at radius 3 is 2.57 bits per heavy atom. The Morgan fingerprint density at radius 2 is 1.83 bits per heavy atom. The lowest BCUT2D eigenvalue weighted by Crippen LogP contribution is -2.54. The van der Waals surface area contributed by atoms with Crippen LogP contribution in [0.25, 0.3) is 10.9 Å². The first-order chi connectivity index (χ1) is 20.3. The fourth-order valence-corrected chi connectivity index (χ4v) is 6.42. The molecule has 0 spiro atoms. The van der Waals surface area contributed by atoms with Gasteiger partial charge in [-0.25, -0.2) is 4.98 Å². The van der Waals surface area contributed by atoms with Gasteiger partial charge in [0.1, 0.15) is 19.7 Å². The van der Waals surface area contributed by atoms with Gasteiger partial charge < -0.3 is 29.9 Å². The van der Waals surface area contributed by atoms with Gasteiger partial charge in [0, 0.05) is 88.8 Å². The van der Waals surface area contributed by atoms with E-state index in [2.05, 4.69) is 37.6 Å². The van der Waals surface area contributed by atoms with Crippen LogP contribution >= 0.6 is 0 Å². The predicted octanol–water partition coefficient (Wildman–Crippen LogP) is 0.577. The van der Waals surface area contributed by atoms with Crippen molar-refractivity contribution in [2.75, 3.05) is 80.7 Å². The van der Waals surface area contributed by atoms with Crippen molar-refractivity contribution in [1.29, 1.82) is 5.26 Å². The molecule has 2 radical (unpaired) electrons. The summed E-state index contributed by atoms with van der Waals surface area (Å²) < 4.78 is 11.9. The van der Waals surface area contributed by atoms with Gasteiger partial charge in [0.25, 0.3) is 0 Å². The van der Waals surface area contributed by atoms with Crippen molar-refractivity contribution in [2.45, 2.75) is 38.2 Å². The van der Waals surface area contributed by atoms with Crippen LogP contribution in [0.5, 0.6) is 0 Å². The fraction of sp³-hybridized carbons (Fsp3) is 0.533. The zero-order valence-electron chi connectivity index (χ0n) is 24.6. The van der Waals surface area contributed by atoms with E-state index in [1.54, 1.807) is 13.2 Å². The van der Waals surface area contributed by atoms with Crippen LogP contribution in [0, 0.1) is 18.3 Å². The van der Waals surface area contributed by atoms with Crippen LogP contribution in [-0.2, 0) is 9.47 Å². The van der Waals surface area contributed by atoms with E-state index in [0.29, 0.717) is 16.7 Å². The molecule has 12 heteroatoms. The molecule has 42 heavy (non-hydrogen) atoms. The fourth-order valence-electron chi connectivity index (χ4n) is 6.42. The molecule has 0 aliphatic carbocycles. The summed E-state index contributed by atoms with van der Waals surface area (Å²) in [5.41, 5.74) is 9.86. The Labute approximate surface area is 248 Å². The third-order valence-corrected chi connectivity index (χ3v) is 8.52. The van der Waals surface area contributed by atoms with E-state index < -0.39 is 0 Å². The molecule has 3 aliphatic heterocycles. The summed E-state index contributed by atoms with van der Waals surface area (Å²) in [5, 5.41) is 10.5. The summed E-state index contributed by atoms with van der Waals surface area (Å²) in [7, 11) is 7.66. The Balaban J connectivity index is 1.10. The third-order valence-electron chi connectivity index (χ3n) is 8.52. The number of morpholine rings is 1. The topological polar surface area (TPSA) is 120 Å². The molecule has 218 valence electrons. The highest BCUT2D eigenvalue weighted by atomic mass is 16.5. The molecule has 2 N–H and O–H groups in total. The number of aromatic nitrogens is 3. The second-order valence-electron chi connectivity index (χ2n) is 11.6. The van der Waals surface area contributed by atoms with Crippen LogP contribution in [0.4, 0.5) is 17.5 Å². The Hall–Kier alpha value is -3.50. The van der Waals surface area contributed by atoms with Gasteiger partial charge in [-0.1, -0.05) is 6.07 Å². The highest BCUT2D eigenvalue weighted by Crippen LogP contribution is 2.30. The first kappa shape index (κ1) is 28.6. The summed E-state index contributed by atoms with van der Waals surface area (Å²) in [4.78, 5) is 23.5.